The molecule has 2 unspecified atom stereocenters. The van der Waals surface area contributed by atoms with Crippen LogP contribution in [-0.4, -0.2) is 51.1 Å². The van der Waals surface area contributed by atoms with Gasteiger partial charge >= 0.3 is 0 Å². The number of carbonyl (C=O) groups is 2. The van der Waals surface area contributed by atoms with Crippen LogP contribution in [0.2, 0.25) is 6.32 Å². The SMILES string of the molecule is CF.COc1cc(CC(c2cc3c(c(-c4ccc(F)cc4)n2)[B]CC3C(N)=O)C2CC2)cc(C=NC2CC2)c1N.NC=O. The van der Waals surface area contributed by atoms with Crippen LogP contribution in [-0.2, 0) is 16.0 Å². The number of aliphatic imine (C=N–C) groups is 1. The van der Waals surface area contributed by atoms with Crippen molar-refractivity contribution in [3.63, 3.8) is 0 Å². The maximum absolute atomic E-state index is 13.7. The minimum Gasteiger partial charge on any atom is -0.495 e. The van der Waals surface area contributed by atoms with E-state index in [2.05, 4.69) is 22.9 Å². The lowest BCUT2D eigenvalue weighted by molar-refractivity contribution is -0.119. The van der Waals surface area contributed by atoms with Crippen LogP contribution in [0.3, 0.4) is 0 Å². The van der Waals surface area contributed by atoms with Crippen LogP contribution in [0.5, 0.6) is 5.75 Å². The molecule has 1 aromatic heterocycles. The maximum Gasteiger partial charge on any atom is 0.224 e. The Hall–Kier alpha value is -4.28. The summed E-state index contributed by atoms with van der Waals surface area (Å²) in [5.41, 5.74) is 23.3. The Bertz CT molecular complexity index is 1480. The number of amides is 2. The summed E-state index contributed by atoms with van der Waals surface area (Å²) in [4.78, 5) is 30.7. The highest BCUT2D eigenvalue weighted by Crippen LogP contribution is 2.45. The topological polar surface area (TPSA) is 147 Å². The fourth-order valence-corrected chi connectivity index (χ4v) is 5.52. The Kier molecular flexibility index (Phi) is 10.5. The first-order valence-corrected chi connectivity index (χ1v) is 14.3. The number of nitrogen functional groups attached to an aromatic ring is 1. The highest BCUT2D eigenvalue weighted by Gasteiger charge is 2.37. The van der Waals surface area contributed by atoms with Gasteiger partial charge in [0.05, 0.1) is 37.6 Å². The summed E-state index contributed by atoms with van der Waals surface area (Å²) in [6, 6.07) is 13.0. The summed E-state index contributed by atoms with van der Waals surface area (Å²) in [7, 11) is 4.16. The number of nitrogens with two attached hydrogens (primary N) is 3. The van der Waals surface area contributed by atoms with E-state index in [1.807, 2.05) is 19.6 Å². The van der Waals surface area contributed by atoms with Crippen molar-refractivity contribution in [2.24, 2.45) is 22.4 Å². The van der Waals surface area contributed by atoms with E-state index in [9.17, 15) is 13.6 Å². The number of rotatable bonds is 9. The second-order valence-corrected chi connectivity index (χ2v) is 10.9. The van der Waals surface area contributed by atoms with Gasteiger partial charge in [-0.1, -0.05) is 11.8 Å². The third kappa shape index (κ3) is 7.58. The van der Waals surface area contributed by atoms with Gasteiger partial charge in [-0.3, -0.25) is 24.0 Å². The molecule has 6 N–H and O–H groups in total. The van der Waals surface area contributed by atoms with Gasteiger partial charge < -0.3 is 21.9 Å². The molecule has 0 bridgehead atoms. The predicted molar refractivity (Wildman–Crippen MR) is 166 cm³/mol. The molecule has 2 atom stereocenters. The molecular formula is C32H37BF2N5O3. The Morgan fingerprint density at radius 3 is 2.42 bits per heavy atom. The summed E-state index contributed by atoms with van der Waals surface area (Å²) in [5.74, 6) is 0.267. The molecule has 2 amide bonds. The molecule has 2 fully saturated rings. The van der Waals surface area contributed by atoms with Gasteiger partial charge in [0.2, 0.25) is 12.3 Å². The first-order chi connectivity index (χ1) is 20.8. The quantitative estimate of drug-likeness (QED) is 0.151. The van der Waals surface area contributed by atoms with Crippen molar-refractivity contribution in [3.05, 3.63) is 70.7 Å². The molecule has 3 aliphatic rings. The molecular weight excluding hydrogens is 551 g/mol. The van der Waals surface area contributed by atoms with E-state index >= 15 is 0 Å². The fraction of sp³-hybridized carbons (Fsp3) is 0.375. The molecule has 2 heterocycles. The van der Waals surface area contributed by atoms with Gasteiger partial charge in [0.15, 0.2) is 7.28 Å². The normalized spacial score (nSPS) is 17.4. The monoisotopic (exact) mass is 588 g/mol. The van der Waals surface area contributed by atoms with Crippen LogP contribution >= 0.6 is 0 Å². The lowest BCUT2D eigenvalue weighted by atomic mass is 9.69. The largest absolute Gasteiger partial charge is 0.495 e. The van der Waals surface area contributed by atoms with E-state index in [0.717, 1.165) is 71.2 Å². The van der Waals surface area contributed by atoms with Crippen molar-refractivity contribution < 1.29 is 23.1 Å². The number of fused-ring (bicyclic) bond motifs is 1. The first kappa shape index (κ1) is 31.7. The molecule has 1 aliphatic heterocycles. The molecule has 0 spiro atoms. The van der Waals surface area contributed by atoms with Crippen LogP contribution in [0.15, 0.2) is 47.5 Å². The lowest BCUT2D eigenvalue weighted by Gasteiger charge is -2.21. The van der Waals surface area contributed by atoms with Crippen LogP contribution in [0.1, 0.15) is 59.9 Å². The van der Waals surface area contributed by atoms with Crippen molar-refractivity contribution in [1.29, 1.82) is 0 Å². The molecule has 0 saturated heterocycles. The summed E-state index contributed by atoms with van der Waals surface area (Å²) in [6.07, 6.45) is 7.94. The Morgan fingerprint density at radius 2 is 1.84 bits per heavy atom. The van der Waals surface area contributed by atoms with Crippen molar-refractivity contribution in [3.8, 4) is 17.0 Å². The molecule has 43 heavy (non-hydrogen) atoms. The number of halogens is 2. The van der Waals surface area contributed by atoms with Gasteiger partial charge in [0.25, 0.3) is 0 Å². The maximum atomic E-state index is 13.7. The van der Waals surface area contributed by atoms with E-state index in [4.69, 9.17) is 26.0 Å². The Morgan fingerprint density at radius 1 is 1.16 bits per heavy atom. The van der Waals surface area contributed by atoms with Crippen molar-refractivity contribution in [2.75, 3.05) is 20.0 Å². The zero-order valence-electron chi connectivity index (χ0n) is 24.4. The minimum atomic E-state index is -0.382. The van der Waals surface area contributed by atoms with E-state index in [0.29, 0.717) is 36.9 Å². The number of aromatic nitrogens is 1. The number of ether oxygens (including phenoxy) is 1. The molecule has 8 nitrogen and oxygen atoms in total. The van der Waals surface area contributed by atoms with E-state index < -0.39 is 0 Å². The average Bonchev–Trinajstić information content (AvgIpc) is 3.95. The Balaban J connectivity index is 0.000000798. The fourth-order valence-electron chi connectivity index (χ4n) is 5.52. The summed E-state index contributed by atoms with van der Waals surface area (Å²) in [6.45, 7) is 0. The van der Waals surface area contributed by atoms with E-state index in [1.165, 1.54) is 12.1 Å². The molecule has 2 aromatic carbocycles. The van der Waals surface area contributed by atoms with Gasteiger partial charge in [0.1, 0.15) is 11.6 Å². The van der Waals surface area contributed by atoms with Crippen LogP contribution in [0, 0.1) is 11.7 Å². The highest BCUT2D eigenvalue weighted by molar-refractivity contribution is 6.58. The molecule has 3 aromatic rings. The third-order valence-corrected chi connectivity index (χ3v) is 7.96. The number of nitrogens with zero attached hydrogens (tertiary/aromatic N) is 2. The number of carbonyl (C=O) groups excluding carboxylic acids is 2. The molecule has 225 valence electrons. The number of benzene rings is 2. The molecule has 11 heteroatoms. The highest BCUT2D eigenvalue weighted by atomic mass is 19.1. The number of methoxy groups -OCH3 is 1. The molecule has 1 radical (unpaired) electrons. The molecule has 6 rings (SSSR count). The van der Waals surface area contributed by atoms with Gasteiger partial charge in [-0.25, -0.2) is 4.39 Å². The Labute approximate surface area is 251 Å². The van der Waals surface area contributed by atoms with Gasteiger partial charge in [-0.2, -0.15) is 0 Å². The minimum absolute atomic E-state index is 0.148. The van der Waals surface area contributed by atoms with Crippen molar-refractivity contribution in [2.45, 2.75) is 56.3 Å². The number of anilines is 1. The van der Waals surface area contributed by atoms with Gasteiger partial charge in [0, 0.05) is 23.4 Å². The number of primary amides is 2. The van der Waals surface area contributed by atoms with Gasteiger partial charge in [-0.15, -0.1) is 0 Å². The summed E-state index contributed by atoms with van der Waals surface area (Å²) < 4.78 is 28.8. The zero-order chi connectivity index (χ0) is 31.1. The van der Waals surface area contributed by atoms with Crippen molar-refractivity contribution >= 4 is 37.0 Å². The third-order valence-electron chi connectivity index (χ3n) is 7.96. The van der Waals surface area contributed by atoms with E-state index in [1.54, 1.807) is 19.2 Å². The lowest BCUT2D eigenvalue weighted by Crippen LogP contribution is -2.23. The number of hydrogen-bond donors (Lipinski definition) is 3. The van der Waals surface area contributed by atoms with Crippen LogP contribution in [0.25, 0.3) is 11.3 Å². The zero-order valence-corrected chi connectivity index (χ0v) is 24.4. The predicted octanol–water partition coefficient (Wildman–Crippen LogP) is 3.81. The molecule has 2 saturated carbocycles. The number of pyridine rings is 1. The summed E-state index contributed by atoms with van der Waals surface area (Å²) in [5, 5.41) is 0. The second-order valence-electron chi connectivity index (χ2n) is 10.9. The number of hydrogen-bond acceptors (Lipinski definition) is 6. The van der Waals surface area contributed by atoms with Crippen LogP contribution in [0.4, 0.5) is 14.5 Å². The average molecular weight is 588 g/mol. The van der Waals surface area contributed by atoms with Crippen LogP contribution < -0.4 is 27.4 Å². The second kappa shape index (κ2) is 14.3. The first-order valence-electron chi connectivity index (χ1n) is 14.3. The number of alkyl halides is 1. The van der Waals surface area contributed by atoms with E-state index in [-0.39, 0.29) is 30.0 Å². The smallest absolute Gasteiger partial charge is 0.224 e. The van der Waals surface area contributed by atoms with Gasteiger partial charge in [-0.05, 0) is 97.2 Å². The van der Waals surface area contributed by atoms with Crippen molar-refractivity contribution in [1.82, 2.24) is 4.98 Å². The molecule has 2 aliphatic carbocycles. The summed E-state index contributed by atoms with van der Waals surface area (Å²) >= 11 is 0. The standard InChI is InChI=1S/C30H31BFN4O2.CH3F.CH3NO/c1-38-26-12-16(10-19(28(26)33)15-35-21-8-9-21)11-22(17-2-3-17)25-13-23-24(30(34)37)14-31-27(23)29(36-25)18-4-6-20(32)7-5-18;1-2;2-1-3/h4-7,10,12-13,15,17,21-22,24H,2-3,8-9,11,14,33H2,1H3,(H2,34,37);1H3;1H,(H2,2,3).